The van der Waals surface area contributed by atoms with E-state index < -0.39 is 6.30 Å². The fourth-order valence-electron chi connectivity index (χ4n) is 1.20. The fourth-order valence-corrected chi connectivity index (χ4v) is 1.62. The molecule has 0 radical (unpaired) electrons. The van der Waals surface area contributed by atoms with Crippen molar-refractivity contribution in [1.29, 1.82) is 5.26 Å². The van der Waals surface area contributed by atoms with Crippen LogP contribution in [0.1, 0.15) is 11.3 Å². The van der Waals surface area contributed by atoms with Gasteiger partial charge in [-0.05, 0) is 18.2 Å². The number of pyridine rings is 1. The van der Waals surface area contributed by atoms with Crippen LogP contribution < -0.4 is 3.93 Å². The Bertz CT molecular complexity index is 438. The minimum absolute atomic E-state index is 0.274. The predicted octanol–water partition coefficient (Wildman–Crippen LogP) is 2.39. The van der Waals surface area contributed by atoms with E-state index in [1.165, 1.54) is 10.0 Å². The Morgan fingerprint density at radius 3 is 3.07 bits per heavy atom. The van der Waals surface area contributed by atoms with Crippen LogP contribution in [0.2, 0.25) is 0 Å². The summed E-state index contributed by atoms with van der Waals surface area (Å²) in [5.41, 5.74) is 1.06. The summed E-state index contributed by atoms with van der Waals surface area (Å²) in [6, 6.07) is 5.24. The van der Waals surface area contributed by atoms with Gasteiger partial charge in [-0.25, -0.2) is 9.37 Å². The first kappa shape index (κ1) is 9.16. The fraction of sp³-hybridized carbons (Fsp3) is 0.111. The highest BCUT2D eigenvalue weighted by Gasteiger charge is 2.21. The summed E-state index contributed by atoms with van der Waals surface area (Å²) in [4.78, 5) is 3.99. The molecule has 14 heavy (non-hydrogen) atoms. The van der Waals surface area contributed by atoms with Gasteiger partial charge in [-0.2, -0.15) is 5.26 Å². The largest absolute Gasteiger partial charge is 0.256 e. The second-order valence-corrected chi connectivity index (χ2v) is 3.53. The maximum atomic E-state index is 13.2. The first-order valence-corrected chi connectivity index (χ1v) is 4.62. The number of alkyl halides is 1. The third-order valence-electron chi connectivity index (χ3n) is 1.87. The van der Waals surface area contributed by atoms with Crippen molar-refractivity contribution in [3.8, 4) is 6.07 Å². The first-order valence-electron chi connectivity index (χ1n) is 3.91. The molecule has 0 saturated heterocycles. The zero-order chi connectivity index (χ0) is 10.1. The third kappa shape index (κ3) is 1.38. The Morgan fingerprint density at radius 1 is 1.57 bits per heavy atom. The van der Waals surface area contributed by atoms with Gasteiger partial charge < -0.3 is 0 Å². The van der Waals surface area contributed by atoms with Crippen molar-refractivity contribution < 1.29 is 4.39 Å². The Kier molecular flexibility index (Phi) is 2.22. The maximum absolute atomic E-state index is 13.2. The van der Waals surface area contributed by atoms with Gasteiger partial charge in [0.05, 0.1) is 16.1 Å². The normalized spacial score (nSPS) is 18.9. The highest BCUT2D eigenvalue weighted by molar-refractivity contribution is 9.10. The van der Waals surface area contributed by atoms with E-state index in [1.807, 2.05) is 6.07 Å². The number of hydrogen-bond donors (Lipinski definition) is 0. The lowest BCUT2D eigenvalue weighted by atomic mass is 10.1. The number of aromatic nitrogens is 1. The van der Waals surface area contributed by atoms with E-state index in [1.54, 1.807) is 18.2 Å². The van der Waals surface area contributed by atoms with Crippen LogP contribution in [-0.2, 0) is 0 Å². The molecule has 0 N–H and O–H groups in total. The van der Waals surface area contributed by atoms with E-state index in [0.717, 1.165) is 5.56 Å². The molecule has 0 saturated carbocycles. The first-order chi connectivity index (χ1) is 6.72. The predicted molar refractivity (Wildman–Crippen MR) is 54.3 cm³/mol. The van der Waals surface area contributed by atoms with Gasteiger partial charge in [-0.3, -0.25) is 3.93 Å². The van der Waals surface area contributed by atoms with Crippen molar-refractivity contribution in [2.24, 2.45) is 0 Å². The van der Waals surface area contributed by atoms with Gasteiger partial charge in [-0.15, -0.1) is 0 Å². The summed E-state index contributed by atoms with van der Waals surface area (Å²) < 4.78 is 14.4. The molecule has 70 valence electrons. The number of rotatable bonds is 0. The van der Waals surface area contributed by atoms with Gasteiger partial charge in [0.15, 0.2) is 0 Å². The number of nitriles is 1. The van der Waals surface area contributed by atoms with Gasteiger partial charge in [0, 0.05) is 5.56 Å². The second-order valence-electron chi connectivity index (χ2n) is 2.76. The molecule has 5 heteroatoms. The molecule has 1 atom stereocenters. The van der Waals surface area contributed by atoms with Crippen LogP contribution >= 0.6 is 16.1 Å². The molecule has 0 bridgehead atoms. The minimum Gasteiger partial charge on any atom is -0.256 e. The summed E-state index contributed by atoms with van der Waals surface area (Å²) in [5, 5.41) is 8.63. The molecule has 1 unspecified atom stereocenters. The lowest BCUT2D eigenvalue weighted by molar-refractivity contribution is 0.420. The molecule has 1 aliphatic rings. The van der Waals surface area contributed by atoms with E-state index in [2.05, 4.69) is 21.1 Å². The molecular formula is C9H5BrFN3. The van der Waals surface area contributed by atoms with Crippen LogP contribution in [0.15, 0.2) is 18.2 Å². The van der Waals surface area contributed by atoms with Gasteiger partial charge in [0.25, 0.3) is 0 Å². The molecule has 0 fully saturated rings. The summed E-state index contributed by atoms with van der Waals surface area (Å²) in [6.07, 6.45) is 1.81. The molecule has 1 aromatic heterocycles. The molecule has 2 heterocycles. The molecule has 0 spiro atoms. The second kappa shape index (κ2) is 3.39. The van der Waals surface area contributed by atoms with Crippen molar-refractivity contribution in [2.75, 3.05) is 3.93 Å². The van der Waals surface area contributed by atoms with Crippen molar-refractivity contribution in [1.82, 2.24) is 4.98 Å². The van der Waals surface area contributed by atoms with Gasteiger partial charge in [0.1, 0.15) is 17.6 Å². The summed E-state index contributed by atoms with van der Waals surface area (Å²) in [7, 11) is 0. The summed E-state index contributed by atoms with van der Waals surface area (Å²) in [5.74, 6) is 0.430. The topological polar surface area (TPSA) is 39.9 Å². The molecule has 0 aromatic carbocycles. The average molecular weight is 254 g/mol. The van der Waals surface area contributed by atoms with Crippen LogP contribution in [0.3, 0.4) is 0 Å². The van der Waals surface area contributed by atoms with Crippen LogP contribution in [0, 0.1) is 11.3 Å². The van der Waals surface area contributed by atoms with Gasteiger partial charge >= 0.3 is 0 Å². The number of hydrogen-bond acceptors (Lipinski definition) is 3. The Labute approximate surface area is 88.8 Å². The molecule has 0 aliphatic carbocycles. The van der Waals surface area contributed by atoms with E-state index in [-0.39, 0.29) is 5.69 Å². The molecule has 2 rings (SSSR count). The Hall–Kier alpha value is -1.41. The molecular weight excluding hydrogens is 249 g/mol. The third-order valence-corrected chi connectivity index (χ3v) is 2.60. The van der Waals surface area contributed by atoms with E-state index in [9.17, 15) is 4.39 Å². The van der Waals surface area contributed by atoms with E-state index >= 15 is 0 Å². The molecule has 1 aromatic rings. The van der Waals surface area contributed by atoms with Crippen LogP contribution in [0.5, 0.6) is 0 Å². The van der Waals surface area contributed by atoms with Crippen LogP contribution in [0.4, 0.5) is 10.2 Å². The molecule has 3 nitrogen and oxygen atoms in total. The smallest absolute Gasteiger partial charge is 0.202 e. The van der Waals surface area contributed by atoms with E-state index in [4.69, 9.17) is 5.26 Å². The zero-order valence-corrected chi connectivity index (χ0v) is 8.57. The van der Waals surface area contributed by atoms with Gasteiger partial charge in [0.2, 0.25) is 6.30 Å². The molecule has 1 aliphatic heterocycles. The number of anilines is 1. The van der Waals surface area contributed by atoms with E-state index in [0.29, 0.717) is 5.82 Å². The quantitative estimate of drug-likeness (QED) is 0.527. The zero-order valence-electron chi connectivity index (χ0n) is 6.98. The van der Waals surface area contributed by atoms with Gasteiger partial charge in [-0.1, -0.05) is 6.08 Å². The van der Waals surface area contributed by atoms with Crippen molar-refractivity contribution in [3.05, 3.63) is 29.5 Å². The Balaban J connectivity index is 2.55. The lowest BCUT2D eigenvalue weighted by Crippen LogP contribution is -2.23. The summed E-state index contributed by atoms with van der Waals surface area (Å²) in [6.45, 7) is 0. The highest BCUT2D eigenvalue weighted by atomic mass is 79.9. The summed E-state index contributed by atoms with van der Waals surface area (Å²) >= 11 is 3.05. The number of nitrogens with zero attached hydrogens (tertiary/aromatic N) is 3. The average Bonchev–Trinajstić information content (AvgIpc) is 2.23. The number of halogens is 2. The van der Waals surface area contributed by atoms with Crippen molar-refractivity contribution in [2.45, 2.75) is 6.30 Å². The standard InChI is InChI=1S/C9H5BrFN3/c10-14-8(11)4-2-6-1-3-7(5-12)13-9(6)14/h1-4,8H. The SMILES string of the molecule is N#Cc1ccc2c(n1)N(Br)C(F)C=C2. The Morgan fingerprint density at radius 2 is 2.36 bits per heavy atom. The maximum Gasteiger partial charge on any atom is 0.202 e. The lowest BCUT2D eigenvalue weighted by Gasteiger charge is -2.22. The van der Waals surface area contributed by atoms with Crippen LogP contribution in [0.25, 0.3) is 6.08 Å². The highest BCUT2D eigenvalue weighted by Crippen LogP contribution is 2.30. The minimum atomic E-state index is -1.25. The monoisotopic (exact) mass is 253 g/mol. The van der Waals surface area contributed by atoms with Crippen molar-refractivity contribution in [3.63, 3.8) is 0 Å². The van der Waals surface area contributed by atoms with Crippen LogP contribution in [-0.4, -0.2) is 11.3 Å². The van der Waals surface area contributed by atoms with Crippen molar-refractivity contribution >= 4 is 28.0 Å². The number of fused-ring (bicyclic) bond motifs is 1. The molecule has 0 amide bonds.